The number of amides is 4. The van der Waals surface area contributed by atoms with Crippen LogP contribution < -0.4 is 10.6 Å². The molecular formula is C26H23N3O4. The minimum atomic E-state index is -1.37. The summed E-state index contributed by atoms with van der Waals surface area (Å²) in [7, 11) is 0. The van der Waals surface area contributed by atoms with Crippen molar-refractivity contribution in [3.8, 4) is 0 Å². The predicted molar refractivity (Wildman–Crippen MR) is 124 cm³/mol. The van der Waals surface area contributed by atoms with E-state index in [0.717, 1.165) is 26.6 Å². The molecule has 4 amide bonds. The second kappa shape index (κ2) is 7.78. The van der Waals surface area contributed by atoms with Crippen LogP contribution in [-0.2, 0) is 15.1 Å². The highest BCUT2D eigenvalue weighted by atomic mass is 16.3. The number of carbonyl (C=O) groups is 3. The van der Waals surface area contributed by atoms with Crippen LogP contribution in [0.25, 0.3) is 21.7 Å². The number of para-hydroxylation sites is 1. The van der Waals surface area contributed by atoms with Gasteiger partial charge in [-0.2, -0.15) is 0 Å². The number of hydrogen-bond donors (Lipinski definition) is 2. The molecule has 7 heteroatoms. The number of furan rings is 1. The van der Waals surface area contributed by atoms with Crippen LogP contribution in [0.1, 0.15) is 31.2 Å². The summed E-state index contributed by atoms with van der Waals surface area (Å²) in [6.45, 7) is 3.07. The molecule has 1 aliphatic heterocycles. The van der Waals surface area contributed by atoms with Crippen molar-refractivity contribution >= 4 is 39.6 Å². The van der Waals surface area contributed by atoms with Gasteiger partial charge in [-0.15, -0.1) is 0 Å². The smallest absolute Gasteiger partial charge is 0.325 e. The Morgan fingerprint density at radius 2 is 1.70 bits per heavy atom. The molecule has 3 aromatic carbocycles. The fraction of sp³-hybridized carbons (Fsp3) is 0.192. The fourth-order valence-electron chi connectivity index (χ4n) is 4.23. The molecule has 1 saturated heterocycles. The largest absolute Gasteiger partial charge is 0.458 e. The topological polar surface area (TPSA) is 91.7 Å². The highest BCUT2D eigenvalue weighted by Crippen LogP contribution is 2.33. The first-order valence-corrected chi connectivity index (χ1v) is 10.8. The van der Waals surface area contributed by atoms with Gasteiger partial charge in [-0.25, -0.2) is 4.79 Å². The molecule has 2 unspecified atom stereocenters. The van der Waals surface area contributed by atoms with E-state index in [1.54, 1.807) is 19.1 Å². The maximum Gasteiger partial charge on any atom is 0.325 e. The van der Waals surface area contributed by atoms with E-state index in [-0.39, 0.29) is 12.6 Å². The van der Waals surface area contributed by atoms with Crippen molar-refractivity contribution in [3.05, 3.63) is 84.1 Å². The van der Waals surface area contributed by atoms with Gasteiger partial charge in [-0.3, -0.25) is 14.5 Å². The van der Waals surface area contributed by atoms with Gasteiger partial charge in [0, 0.05) is 5.39 Å². The molecule has 2 atom stereocenters. The lowest BCUT2D eigenvalue weighted by Crippen LogP contribution is -2.43. The van der Waals surface area contributed by atoms with E-state index in [0.29, 0.717) is 11.3 Å². The number of nitrogens with one attached hydrogen (secondary N) is 2. The van der Waals surface area contributed by atoms with Crippen LogP contribution in [0.4, 0.5) is 4.79 Å². The molecule has 2 N–H and O–H groups in total. The van der Waals surface area contributed by atoms with Crippen LogP contribution in [0.15, 0.2) is 77.2 Å². The average molecular weight is 441 g/mol. The zero-order valence-corrected chi connectivity index (χ0v) is 18.3. The van der Waals surface area contributed by atoms with E-state index in [9.17, 15) is 14.4 Å². The van der Waals surface area contributed by atoms with Crippen LogP contribution in [0.3, 0.4) is 0 Å². The second-order valence-electron chi connectivity index (χ2n) is 8.49. The number of fused-ring (bicyclic) bond motifs is 2. The first kappa shape index (κ1) is 20.8. The molecule has 0 spiro atoms. The van der Waals surface area contributed by atoms with E-state index in [1.807, 2.05) is 67.6 Å². The number of hydrogen-bond acceptors (Lipinski definition) is 4. The van der Waals surface area contributed by atoms with Crippen LogP contribution in [0, 0.1) is 0 Å². The van der Waals surface area contributed by atoms with Gasteiger partial charge < -0.3 is 15.1 Å². The highest BCUT2D eigenvalue weighted by molar-refractivity contribution is 6.09. The first-order chi connectivity index (χ1) is 15.8. The van der Waals surface area contributed by atoms with Crippen molar-refractivity contribution in [2.24, 2.45) is 0 Å². The number of benzene rings is 3. The van der Waals surface area contributed by atoms with Gasteiger partial charge >= 0.3 is 6.03 Å². The first-order valence-electron chi connectivity index (χ1n) is 10.8. The number of urea groups is 1. The van der Waals surface area contributed by atoms with Gasteiger partial charge in [0.25, 0.3) is 5.91 Å². The van der Waals surface area contributed by atoms with Crippen molar-refractivity contribution in [1.82, 2.24) is 15.5 Å². The maximum atomic E-state index is 13.2. The van der Waals surface area contributed by atoms with Crippen molar-refractivity contribution in [2.45, 2.75) is 25.4 Å². The average Bonchev–Trinajstić information content (AvgIpc) is 3.34. The van der Waals surface area contributed by atoms with Gasteiger partial charge in [0.1, 0.15) is 17.9 Å². The van der Waals surface area contributed by atoms with Gasteiger partial charge in [0.05, 0.1) is 6.04 Å². The molecule has 1 fully saturated rings. The predicted octanol–water partition coefficient (Wildman–Crippen LogP) is 4.23. The standard InChI is InChI=1S/C26H23N3O4/c1-16(18-12-11-17-7-3-4-8-19(17)13-18)27-23(30)15-29-24(31)26(2,28-25(29)32)22-14-20-9-5-6-10-21(20)33-22/h3-14,16H,15H2,1-2H3,(H,27,30)(H,28,32). The normalized spacial score (nSPS) is 19.2. The zero-order valence-electron chi connectivity index (χ0n) is 18.3. The Labute approximate surface area is 190 Å². The van der Waals surface area contributed by atoms with Crippen molar-refractivity contribution in [3.63, 3.8) is 0 Å². The van der Waals surface area contributed by atoms with Crippen LogP contribution in [-0.4, -0.2) is 29.3 Å². The Morgan fingerprint density at radius 1 is 1.00 bits per heavy atom. The molecule has 0 bridgehead atoms. The molecule has 1 aromatic heterocycles. The third kappa shape index (κ3) is 3.61. The molecule has 0 aliphatic carbocycles. The zero-order chi connectivity index (χ0) is 23.2. The second-order valence-corrected chi connectivity index (χ2v) is 8.49. The molecule has 7 nitrogen and oxygen atoms in total. The Bertz CT molecular complexity index is 1380. The molecule has 1 aliphatic rings. The lowest BCUT2D eigenvalue weighted by atomic mass is 9.99. The minimum Gasteiger partial charge on any atom is -0.458 e. The van der Waals surface area contributed by atoms with Gasteiger partial charge in [-0.05, 0) is 48.4 Å². The van der Waals surface area contributed by atoms with Gasteiger partial charge in [-0.1, -0.05) is 54.6 Å². The Kier molecular flexibility index (Phi) is 4.89. The van der Waals surface area contributed by atoms with Crippen molar-refractivity contribution < 1.29 is 18.8 Å². The summed E-state index contributed by atoms with van der Waals surface area (Å²) in [5, 5.41) is 8.58. The molecule has 2 heterocycles. The number of rotatable bonds is 5. The summed E-state index contributed by atoms with van der Waals surface area (Å²) >= 11 is 0. The van der Waals surface area contributed by atoms with E-state index >= 15 is 0 Å². The lowest BCUT2D eigenvalue weighted by Gasteiger charge is -2.20. The van der Waals surface area contributed by atoms with Crippen LogP contribution in [0.2, 0.25) is 0 Å². The minimum absolute atomic E-state index is 0.287. The summed E-state index contributed by atoms with van der Waals surface area (Å²) in [6, 6.07) is 22.1. The van der Waals surface area contributed by atoms with E-state index in [4.69, 9.17) is 4.42 Å². The summed E-state index contributed by atoms with van der Waals surface area (Å²) in [5.41, 5.74) is 0.183. The molecule has 4 aromatic rings. The lowest BCUT2D eigenvalue weighted by molar-refractivity contribution is -0.135. The summed E-state index contributed by atoms with van der Waals surface area (Å²) in [5.74, 6) is -0.623. The van der Waals surface area contributed by atoms with Gasteiger partial charge in [0.15, 0.2) is 5.54 Å². The van der Waals surface area contributed by atoms with E-state index in [1.165, 1.54) is 0 Å². The fourth-order valence-corrected chi connectivity index (χ4v) is 4.23. The van der Waals surface area contributed by atoms with Crippen molar-refractivity contribution in [2.75, 3.05) is 6.54 Å². The third-order valence-corrected chi connectivity index (χ3v) is 6.15. The monoisotopic (exact) mass is 441 g/mol. The summed E-state index contributed by atoms with van der Waals surface area (Å²) in [6.07, 6.45) is 0. The van der Waals surface area contributed by atoms with Crippen LogP contribution in [0.5, 0.6) is 0 Å². The van der Waals surface area contributed by atoms with Crippen LogP contribution >= 0.6 is 0 Å². The SMILES string of the molecule is CC(NC(=O)CN1C(=O)NC(C)(c2cc3ccccc3o2)C1=O)c1ccc2ccccc2c1. The molecular weight excluding hydrogens is 418 g/mol. The molecule has 5 rings (SSSR count). The maximum absolute atomic E-state index is 13.2. The summed E-state index contributed by atoms with van der Waals surface area (Å²) in [4.78, 5) is 39.4. The number of imide groups is 1. The molecule has 33 heavy (non-hydrogen) atoms. The Hall–Kier alpha value is -4.13. The summed E-state index contributed by atoms with van der Waals surface area (Å²) < 4.78 is 5.82. The van der Waals surface area contributed by atoms with E-state index in [2.05, 4.69) is 10.6 Å². The number of carbonyl (C=O) groups excluding carboxylic acids is 3. The highest BCUT2D eigenvalue weighted by Gasteiger charge is 2.51. The quantitative estimate of drug-likeness (QED) is 0.454. The van der Waals surface area contributed by atoms with Crippen molar-refractivity contribution in [1.29, 1.82) is 0 Å². The molecule has 0 saturated carbocycles. The van der Waals surface area contributed by atoms with Gasteiger partial charge in [0.2, 0.25) is 5.91 Å². The molecule has 166 valence electrons. The Balaban J connectivity index is 1.30. The third-order valence-electron chi connectivity index (χ3n) is 6.15. The Morgan fingerprint density at radius 3 is 2.45 bits per heavy atom. The molecule has 0 radical (unpaired) electrons. The number of nitrogens with zero attached hydrogens (tertiary/aromatic N) is 1. The van der Waals surface area contributed by atoms with E-state index < -0.39 is 23.4 Å².